The highest BCUT2D eigenvalue weighted by atomic mass is 16.7. The van der Waals surface area contributed by atoms with Crippen LogP contribution in [0.2, 0.25) is 0 Å². The van der Waals surface area contributed by atoms with Crippen molar-refractivity contribution in [1.29, 1.82) is 0 Å². The summed E-state index contributed by atoms with van der Waals surface area (Å²) in [4.78, 5) is 39.9. The molecule has 0 bridgehead atoms. The van der Waals surface area contributed by atoms with Gasteiger partial charge in [-0.3, -0.25) is 4.79 Å². The van der Waals surface area contributed by atoms with Crippen LogP contribution < -0.4 is 0 Å². The topological polar surface area (TPSA) is 90.1 Å². The van der Waals surface area contributed by atoms with Crippen molar-refractivity contribution in [2.45, 2.75) is 33.1 Å². The Hall–Kier alpha value is -4.13. The van der Waals surface area contributed by atoms with Gasteiger partial charge in [-0.2, -0.15) is 0 Å². The Balaban J connectivity index is 1.75. The molecule has 0 N–H and O–H groups in total. The Morgan fingerprint density at radius 1 is 0.939 bits per heavy atom. The standard InChI is InChI=1S/C26H23N3O4/c1-3-4-8-23(28-33-17(2)30)26(31)18-10-13-20(14-11-18)29-24-9-6-5-7-21(24)22-16-19(27-32)12-15-25(22)29/h5-7,9-16H,3-4,8H2,1-2H3/b28-23-. The Kier molecular flexibility index (Phi) is 6.40. The van der Waals surface area contributed by atoms with Crippen molar-refractivity contribution < 1.29 is 14.4 Å². The van der Waals surface area contributed by atoms with Crippen LogP contribution in [0.25, 0.3) is 27.5 Å². The maximum absolute atomic E-state index is 13.0. The lowest BCUT2D eigenvalue weighted by atomic mass is 10.0. The Labute approximate surface area is 190 Å². The summed E-state index contributed by atoms with van der Waals surface area (Å²) in [5.41, 5.74) is 3.85. The fourth-order valence-electron chi connectivity index (χ4n) is 3.89. The zero-order valence-electron chi connectivity index (χ0n) is 18.4. The minimum absolute atomic E-state index is 0.227. The molecule has 4 rings (SSSR count). The average Bonchev–Trinajstić information content (AvgIpc) is 3.17. The summed E-state index contributed by atoms with van der Waals surface area (Å²) in [7, 11) is 0. The quantitative estimate of drug-likeness (QED) is 0.103. The number of unbranched alkanes of at least 4 members (excludes halogenated alkanes) is 1. The molecule has 0 radical (unpaired) electrons. The second kappa shape index (κ2) is 9.56. The van der Waals surface area contributed by atoms with Crippen LogP contribution in [0.5, 0.6) is 0 Å². The molecule has 0 fully saturated rings. The van der Waals surface area contributed by atoms with Crippen LogP contribution in [0, 0.1) is 4.91 Å². The van der Waals surface area contributed by atoms with E-state index in [0.29, 0.717) is 17.7 Å². The Bertz CT molecular complexity index is 1380. The number of hydrogen-bond acceptors (Lipinski definition) is 6. The molecule has 0 amide bonds. The number of para-hydroxylation sites is 1. The highest BCUT2D eigenvalue weighted by Gasteiger charge is 2.17. The van der Waals surface area contributed by atoms with Gasteiger partial charge in [-0.25, -0.2) is 4.79 Å². The van der Waals surface area contributed by atoms with E-state index in [9.17, 15) is 14.5 Å². The molecular weight excluding hydrogens is 418 g/mol. The summed E-state index contributed by atoms with van der Waals surface area (Å²) in [6, 6.07) is 20.5. The van der Waals surface area contributed by atoms with Crippen molar-refractivity contribution in [3.8, 4) is 5.69 Å². The van der Waals surface area contributed by atoms with Crippen molar-refractivity contribution in [1.82, 2.24) is 4.57 Å². The normalized spacial score (nSPS) is 11.6. The molecule has 7 heteroatoms. The SMILES string of the molecule is CCCC/C(=N/OC(C)=O)C(=O)c1ccc(-n2c3ccccc3c3cc(N=O)ccc32)cc1. The van der Waals surface area contributed by atoms with Crippen molar-refractivity contribution in [2.24, 2.45) is 10.3 Å². The highest BCUT2D eigenvalue weighted by Crippen LogP contribution is 2.34. The van der Waals surface area contributed by atoms with Crippen molar-refractivity contribution in [3.05, 3.63) is 77.2 Å². The number of hydrogen-bond donors (Lipinski definition) is 0. The molecule has 166 valence electrons. The number of nitrogens with zero attached hydrogens (tertiary/aromatic N) is 3. The molecule has 0 aliphatic carbocycles. The number of benzene rings is 3. The largest absolute Gasteiger partial charge is 0.331 e. The van der Waals surface area contributed by atoms with Crippen molar-refractivity contribution >= 4 is 45.0 Å². The number of rotatable bonds is 8. The first-order valence-corrected chi connectivity index (χ1v) is 10.8. The molecule has 4 aromatic rings. The van der Waals surface area contributed by atoms with Crippen LogP contribution in [0.1, 0.15) is 43.5 Å². The number of fused-ring (bicyclic) bond motifs is 3. The number of oxime groups is 1. The van der Waals surface area contributed by atoms with Crippen LogP contribution >= 0.6 is 0 Å². The molecule has 3 aromatic carbocycles. The van der Waals surface area contributed by atoms with Gasteiger partial charge >= 0.3 is 5.97 Å². The van der Waals surface area contributed by atoms with Gasteiger partial charge < -0.3 is 9.40 Å². The second-order valence-corrected chi connectivity index (χ2v) is 7.75. The van der Waals surface area contributed by atoms with Gasteiger partial charge in [0.2, 0.25) is 5.78 Å². The summed E-state index contributed by atoms with van der Waals surface area (Å²) < 4.78 is 2.08. The van der Waals surface area contributed by atoms with E-state index in [1.807, 2.05) is 49.4 Å². The Morgan fingerprint density at radius 3 is 2.36 bits per heavy atom. The first-order valence-electron chi connectivity index (χ1n) is 10.8. The van der Waals surface area contributed by atoms with Gasteiger partial charge in [0.15, 0.2) is 0 Å². The molecular formula is C26H23N3O4. The van der Waals surface area contributed by atoms with Gasteiger partial charge in [-0.15, -0.1) is 4.91 Å². The van der Waals surface area contributed by atoms with E-state index < -0.39 is 5.97 Å². The lowest BCUT2D eigenvalue weighted by molar-refractivity contribution is -0.140. The monoisotopic (exact) mass is 441 g/mol. The lowest BCUT2D eigenvalue weighted by Gasteiger charge is -2.09. The molecule has 0 aliphatic rings. The average molecular weight is 441 g/mol. The van der Waals surface area contributed by atoms with E-state index in [1.165, 1.54) is 6.92 Å². The van der Waals surface area contributed by atoms with Gasteiger partial charge in [0.1, 0.15) is 11.4 Å². The van der Waals surface area contributed by atoms with Crippen LogP contribution in [0.4, 0.5) is 5.69 Å². The fourth-order valence-corrected chi connectivity index (χ4v) is 3.89. The zero-order valence-corrected chi connectivity index (χ0v) is 18.4. The number of carbonyl (C=O) groups excluding carboxylic acids is 2. The maximum Gasteiger partial charge on any atom is 0.331 e. The first-order chi connectivity index (χ1) is 16.0. The minimum atomic E-state index is -0.563. The third-order valence-electron chi connectivity index (χ3n) is 5.46. The summed E-state index contributed by atoms with van der Waals surface area (Å²) in [6.07, 6.45) is 2.09. The molecule has 0 spiro atoms. The van der Waals surface area contributed by atoms with Crippen LogP contribution in [-0.4, -0.2) is 22.0 Å². The molecule has 7 nitrogen and oxygen atoms in total. The predicted octanol–water partition coefficient (Wildman–Crippen LogP) is 6.47. The number of carbonyl (C=O) groups is 2. The summed E-state index contributed by atoms with van der Waals surface area (Å²) >= 11 is 0. The summed E-state index contributed by atoms with van der Waals surface area (Å²) in [5.74, 6) is -0.827. The van der Waals surface area contributed by atoms with Crippen molar-refractivity contribution in [2.75, 3.05) is 0 Å². The number of nitroso groups, excluding NO2 is 1. The molecule has 0 atom stereocenters. The number of ketones is 1. The number of Topliss-reactive ketones (excluding diaryl/α,β-unsaturated/α-hetero) is 1. The molecule has 1 heterocycles. The number of aromatic nitrogens is 1. The summed E-state index contributed by atoms with van der Waals surface area (Å²) in [6.45, 7) is 3.27. The van der Waals surface area contributed by atoms with Crippen LogP contribution in [0.15, 0.2) is 77.1 Å². The molecule has 0 aliphatic heterocycles. The molecule has 33 heavy (non-hydrogen) atoms. The Morgan fingerprint density at radius 2 is 1.67 bits per heavy atom. The fraction of sp³-hybridized carbons (Fsp3) is 0.192. The second-order valence-electron chi connectivity index (χ2n) is 7.75. The van der Waals surface area contributed by atoms with Gasteiger partial charge in [0, 0.05) is 28.9 Å². The van der Waals surface area contributed by atoms with Gasteiger partial charge in [0.05, 0.1) is 11.0 Å². The van der Waals surface area contributed by atoms with Gasteiger partial charge in [0.25, 0.3) is 0 Å². The molecule has 1 aromatic heterocycles. The zero-order chi connectivity index (χ0) is 23.4. The van der Waals surface area contributed by atoms with Gasteiger partial charge in [-0.1, -0.05) is 36.7 Å². The molecule has 0 unspecified atom stereocenters. The van der Waals surface area contributed by atoms with Crippen LogP contribution in [-0.2, 0) is 9.63 Å². The van der Waals surface area contributed by atoms with E-state index in [1.54, 1.807) is 24.3 Å². The third kappa shape index (κ3) is 4.43. The first kappa shape index (κ1) is 22.1. The van der Waals surface area contributed by atoms with Gasteiger partial charge in [-0.05, 0) is 66.5 Å². The van der Waals surface area contributed by atoms with Crippen LogP contribution in [0.3, 0.4) is 0 Å². The molecule has 0 saturated heterocycles. The molecule has 0 saturated carbocycles. The van der Waals surface area contributed by atoms with E-state index in [0.717, 1.165) is 40.3 Å². The van der Waals surface area contributed by atoms with Crippen molar-refractivity contribution in [3.63, 3.8) is 0 Å². The van der Waals surface area contributed by atoms with E-state index in [-0.39, 0.29) is 11.5 Å². The van der Waals surface area contributed by atoms with E-state index >= 15 is 0 Å². The smallest absolute Gasteiger partial charge is 0.318 e. The third-order valence-corrected chi connectivity index (χ3v) is 5.46. The lowest BCUT2D eigenvalue weighted by Crippen LogP contribution is -2.16. The summed E-state index contributed by atoms with van der Waals surface area (Å²) in [5, 5.41) is 8.79. The maximum atomic E-state index is 13.0. The highest BCUT2D eigenvalue weighted by molar-refractivity contribution is 6.45. The predicted molar refractivity (Wildman–Crippen MR) is 129 cm³/mol. The van der Waals surface area contributed by atoms with E-state index in [4.69, 9.17) is 4.84 Å². The van der Waals surface area contributed by atoms with E-state index in [2.05, 4.69) is 14.9 Å². The minimum Gasteiger partial charge on any atom is -0.318 e.